The molecule has 0 aliphatic carbocycles. The van der Waals surface area contributed by atoms with E-state index in [-0.39, 0.29) is 5.91 Å². The molecule has 0 saturated heterocycles. The van der Waals surface area contributed by atoms with E-state index < -0.39 is 0 Å². The van der Waals surface area contributed by atoms with Crippen molar-refractivity contribution in [2.24, 2.45) is 0 Å². The average Bonchev–Trinajstić information content (AvgIpc) is 3.37. The van der Waals surface area contributed by atoms with Crippen LogP contribution in [0.3, 0.4) is 0 Å². The molecule has 0 radical (unpaired) electrons. The zero-order valence-corrected chi connectivity index (χ0v) is 17.9. The molecule has 1 amide bonds. The quantitative estimate of drug-likeness (QED) is 0.499. The van der Waals surface area contributed by atoms with Gasteiger partial charge in [-0.3, -0.25) is 9.78 Å². The van der Waals surface area contributed by atoms with Gasteiger partial charge in [-0.2, -0.15) is 0 Å². The standard InChI is InChI=1S/C23H22N4O2S/c1-15-11-20(16(2)27(15)18-5-4-6-19(12-18)29-3)23(28)25-13-22-26-21(14-30-22)17-7-9-24-10-8-17/h4-12,14H,13H2,1-3H3,(H,25,28). The number of thiazole rings is 1. The van der Waals surface area contributed by atoms with Crippen LogP contribution in [0.25, 0.3) is 16.9 Å². The van der Waals surface area contributed by atoms with Gasteiger partial charge in [0, 0.05) is 46.5 Å². The monoisotopic (exact) mass is 418 g/mol. The van der Waals surface area contributed by atoms with Crippen LogP contribution in [0.2, 0.25) is 0 Å². The number of hydrogen-bond donors (Lipinski definition) is 1. The van der Waals surface area contributed by atoms with Crippen molar-refractivity contribution >= 4 is 17.2 Å². The Bertz CT molecular complexity index is 1180. The van der Waals surface area contributed by atoms with Crippen LogP contribution in [0.5, 0.6) is 5.75 Å². The zero-order chi connectivity index (χ0) is 21.1. The summed E-state index contributed by atoms with van der Waals surface area (Å²) in [5.74, 6) is 0.665. The van der Waals surface area contributed by atoms with E-state index in [1.165, 1.54) is 11.3 Å². The van der Waals surface area contributed by atoms with Gasteiger partial charge in [0.2, 0.25) is 0 Å². The lowest BCUT2D eigenvalue weighted by molar-refractivity contribution is 0.0950. The molecule has 0 aliphatic rings. The number of carbonyl (C=O) groups is 1. The van der Waals surface area contributed by atoms with E-state index in [2.05, 4.69) is 19.9 Å². The van der Waals surface area contributed by atoms with E-state index in [4.69, 9.17) is 4.74 Å². The number of amides is 1. The first kappa shape index (κ1) is 19.8. The Labute approximate surface area is 179 Å². The van der Waals surface area contributed by atoms with Gasteiger partial charge in [0.05, 0.1) is 24.9 Å². The summed E-state index contributed by atoms with van der Waals surface area (Å²) >= 11 is 1.53. The molecule has 0 atom stereocenters. The third-order valence-corrected chi connectivity index (χ3v) is 5.76. The molecule has 4 rings (SSSR count). The minimum absolute atomic E-state index is 0.113. The minimum atomic E-state index is -0.113. The molecule has 3 aromatic heterocycles. The summed E-state index contributed by atoms with van der Waals surface area (Å²) < 4.78 is 7.39. The first-order valence-corrected chi connectivity index (χ1v) is 10.4. The molecule has 0 aliphatic heterocycles. The predicted molar refractivity (Wildman–Crippen MR) is 118 cm³/mol. The summed E-state index contributed by atoms with van der Waals surface area (Å²) in [7, 11) is 1.64. The maximum absolute atomic E-state index is 12.9. The Morgan fingerprint density at radius 1 is 1.17 bits per heavy atom. The van der Waals surface area contributed by atoms with Crippen LogP contribution in [-0.2, 0) is 6.54 Å². The summed E-state index contributed by atoms with van der Waals surface area (Å²) in [6, 6.07) is 13.6. The number of aromatic nitrogens is 3. The average molecular weight is 419 g/mol. The highest BCUT2D eigenvalue weighted by atomic mass is 32.1. The van der Waals surface area contributed by atoms with E-state index in [0.29, 0.717) is 12.1 Å². The molecule has 4 aromatic rings. The molecular weight excluding hydrogens is 396 g/mol. The van der Waals surface area contributed by atoms with Crippen LogP contribution in [0.1, 0.15) is 26.8 Å². The van der Waals surface area contributed by atoms with Crippen LogP contribution < -0.4 is 10.1 Å². The summed E-state index contributed by atoms with van der Waals surface area (Å²) in [5.41, 5.74) is 5.39. The van der Waals surface area contributed by atoms with E-state index in [0.717, 1.165) is 39.1 Å². The summed E-state index contributed by atoms with van der Waals surface area (Å²) in [6.45, 7) is 4.33. The molecule has 0 fully saturated rings. The van der Waals surface area contributed by atoms with Gasteiger partial charge in [-0.1, -0.05) is 6.07 Å². The molecule has 0 spiro atoms. The van der Waals surface area contributed by atoms with Gasteiger partial charge >= 0.3 is 0 Å². The number of pyridine rings is 1. The van der Waals surface area contributed by atoms with E-state index in [1.54, 1.807) is 19.5 Å². The number of nitrogens with zero attached hydrogens (tertiary/aromatic N) is 3. The van der Waals surface area contributed by atoms with Crippen molar-refractivity contribution in [1.82, 2.24) is 19.9 Å². The first-order valence-electron chi connectivity index (χ1n) is 9.53. The van der Waals surface area contributed by atoms with Crippen LogP contribution in [0.15, 0.2) is 60.2 Å². The Morgan fingerprint density at radius 3 is 2.73 bits per heavy atom. The van der Waals surface area contributed by atoms with Crippen molar-refractivity contribution in [3.05, 3.63) is 82.2 Å². The second-order valence-electron chi connectivity index (χ2n) is 6.87. The lowest BCUT2D eigenvalue weighted by atomic mass is 10.2. The van der Waals surface area contributed by atoms with Crippen molar-refractivity contribution < 1.29 is 9.53 Å². The number of benzene rings is 1. The molecule has 6 nitrogen and oxygen atoms in total. The van der Waals surface area contributed by atoms with E-state index in [9.17, 15) is 4.79 Å². The zero-order valence-electron chi connectivity index (χ0n) is 17.0. The van der Waals surface area contributed by atoms with Crippen LogP contribution in [0, 0.1) is 13.8 Å². The number of nitrogens with one attached hydrogen (secondary N) is 1. The number of methoxy groups -OCH3 is 1. The summed E-state index contributed by atoms with van der Waals surface area (Å²) in [4.78, 5) is 21.5. The largest absolute Gasteiger partial charge is 0.497 e. The molecule has 1 N–H and O–H groups in total. The Balaban J connectivity index is 1.50. The van der Waals surface area contributed by atoms with Gasteiger partial charge in [0.1, 0.15) is 10.8 Å². The number of rotatable bonds is 6. The predicted octanol–water partition coefficient (Wildman–Crippen LogP) is 4.55. The number of aryl methyl sites for hydroxylation is 1. The highest BCUT2D eigenvalue weighted by molar-refractivity contribution is 7.09. The normalized spacial score (nSPS) is 10.8. The van der Waals surface area contributed by atoms with Crippen molar-refractivity contribution in [2.75, 3.05) is 7.11 Å². The summed E-state index contributed by atoms with van der Waals surface area (Å²) in [5, 5.41) is 5.84. The second kappa shape index (κ2) is 8.51. The molecule has 3 heterocycles. The molecule has 0 bridgehead atoms. The van der Waals surface area contributed by atoms with Crippen molar-refractivity contribution in [1.29, 1.82) is 0 Å². The van der Waals surface area contributed by atoms with Gasteiger partial charge in [-0.05, 0) is 44.2 Å². The Kier molecular flexibility index (Phi) is 5.63. The fourth-order valence-corrected chi connectivity index (χ4v) is 4.18. The molecular formula is C23H22N4O2S. The molecule has 0 unspecified atom stereocenters. The van der Waals surface area contributed by atoms with Crippen molar-refractivity contribution in [2.45, 2.75) is 20.4 Å². The van der Waals surface area contributed by atoms with Crippen LogP contribution >= 0.6 is 11.3 Å². The number of hydrogen-bond acceptors (Lipinski definition) is 5. The lowest BCUT2D eigenvalue weighted by Crippen LogP contribution is -2.23. The van der Waals surface area contributed by atoms with Gasteiger partial charge in [0.25, 0.3) is 5.91 Å². The highest BCUT2D eigenvalue weighted by Gasteiger charge is 2.17. The molecule has 1 aromatic carbocycles. The Morgan fingerprint density at radius 2 is 1.97 bits per heavy atom. The van der Waals surface area contributed by atoms with Crippen molar-refractivity contribution in [3.63, 3.8) is 0 Å². The third kappa shape index (κ3) is 3.97. The fraction of sp³-hybridized carbons (Fsp3) is 0.174. The lowest BCUT2D eigenvalue weighted by Gasteiger charge is -2.11. The van der Waals surface area contributed by atoms with Crippen molar-refractivity contribution in [3.8, 4) is 22.7 Å². The Hall–Kier alpha value is -3.45. The maximum atomic E-state index is 12.9. The van der Waals surface area contributed by atoms with Gasteiger partial charge < -0.3 is 14.6 Å². The van der Waals surface area contributed by atoms with Gasteiger partial charge in [0.15, 0.2) is 0 Å². The highest BCUT2D eigenvalue weighted by Crippen LogP contribution is 2.24. The number of ether oxygens (including phenoxy) is 1. The number of carbonyl (C=O) groups excluding carboxylic acids is 1. The third-order valence-electron chi connectivity index (χ3n) is 4.92. The SMILES string of the molecule is COc1cccc(-n2c(C)cc(C(=O)NCc3nc(-c4ccncc4)cs3)c2C)c1. The fourth-order valence-electron chi connectivity index (χ4n) is 3.44. The maximum Gasteiger partial charge on any atom is 0.253 e. The summed E-state index contributed by atoms with van der Waals surface area (Å²) in [6.07, 6.45) is 3.49. The topological polar surface area (TPSA) is 69.0 Å². The molecule has 7 heteroatoms. The van der Waals surface area contributed by atoms with Gasteiger partial charge in [-0.25, -0.2) is 4.98 Å². The molecule has 152 valence electrons. The molecule has 0 saturated carbocycles. The van der Waals surface area contributed by atoms with Crippen LogP contribution in [0.4, 0.5) is 0 Å². The van der Waals surface area contributed by atoms with Gasteiger partial charge in [-0.15, -0.1) is 11.3 Å². The van der Waals surface area contributed by atoms with E-state index in [1.807, 2.05) is 61.7 Å². The van der Waals surface area contributed by atoms with E-state index >= 15 is 0 Å². The minimum Gasteiger partial charge on any atom is -0.497 e. The van der Waals surface area contributed by atoms with Crippen LogP contribution in [-0.4, -0.2) is 27.6 Å². The first-order chi connectivity index (χ1) is 14.6. The second-order valence-corrected chi connectivity index (χ2v) is 7.81. The molecule has 30 heavy (non-hydrogen) atoms. The smallest absolute Gasteiger partial charge is 0.253 e.